The number of hydrogen-bond acceptors (Lipinski definition) is 2. The zero-order valence-electron chi connectivity index (χ0n) is 12.5. The molecule has 0 amide bonds. The monoisotopic (exact) mass is 266 g/mol. The van der Waals surface area contributed by atoms with Crippen LogP contribution in [0.25, 0.3) is 0 Å². The topological polar surface area (TPSA) is 18.5 Å². The van der Waals surface area contributed by atoms with Crippen LogP contribution in [0.4, 0.5) is 0 Å². The van der Waals surface area contributed by atoms with E-state index in [1.54, 1.807) is 0 Å². The van der Waals surface area contributed by atoms with Crippen molar-refractivity contribution in [2.24, 2.45) is 0 Å². The van der Waals surface area contributed by atoms with Crippen molar-refractivity contribution in [3.63, 3.8) is 0 Å². The number of hydrogen-bond donors (Lipinski definition) is 0. The highest BCUT2D eigenvalue weighted by atomic mass is 16.7. The van der Waals surface area contributed by atoms with Crippen molar-refractivity contribution in [1.29, 1.82) is 0 Å². The molecule has 1 atom stereocenters. The second-order valence-electron chi connectivity index (χ2n) is 5.18. The fourth-order valence-electron chi connectivity index (χ4n) is 2.24. The van der Waals surface area contributed by atoms with Crippen molar-refractivity contribution in [3.8, 4) is 0 Å². The Balaban J connectivity index is 1.78. The van der Waals surface area contributed by atoms with Gasteiger partial charge >= 0.3 is 0 Å². The van der Waals surface area contributed by atoms with Crippen LogP contribution in [0, 0.1) is 0 Å². The summed E-state index contributed by atoms with van der Waals surface area (Å²) < 4.78 is 11.2. The minimum absolute atomic E-state index is 0.0884. The van der Waals surface area contributed by atoms with Crippen LogP contribution in [-0.4, -0.2) is 19.5 Å². The Morgan fingerprint density at radius 2 is 1.89 bits per heavy atom. The molecule has 1 saturated heterocycles. The predicted molar refractivity (Wildman–Crippen MR) is 81.2 cm³/mol. The molecule has 1 aliphatic rings. The lowest BCUT2D eigenvalue weighted by Crippen LogP contribution is -2.22. The second-order valence-corrected chi connectivity index (χ2v) is 5.18. The first-order valence-corrected chi connectivity index (χ1v) is 7.94. The zero-order chi connectivity index (χ0) is 13.6. The Morgan fingerprint density at radius 1 is 1.05 bits per heavy atom. The molecule has 1 heterocycles. The smallest absolute Gasteiger partial charge is 0.157 e. The van der Waals surface area contributed by atoms with E-state index < -0.39 is 0 Å². The van der Waals surface area contributed by atoms with Crippen LogP contribution in [0.5, 0.6) is 0 Å². The van der Waals surface area contributed by atoms with Crippen LogP contribution in [0.3, 0.4) is 0 Å². The van der Waals surface area contributed by atoms with Gasteiger partial charge in [0, 0.05) is 13.2 Å². The normalized spacial score (nSPS) is 20.6. The highest BCUT2D eigenvalue weighted by Gasteiger charge is 2.12. The summed E-state index contributed by atoms with van der Waals surface area (Å²) in [5.74, 6) is 0. The Morgan fingerprint density at radius 3 is 2.68 bits per heavy atom. The van der Waals surface area contributed by atoms with Gasteiger partial charge in [0.05, 0.1) is 0 Å². The molecular formula is C17H30O2. The summed E-state index contributed by atoms with van der Waals surface area (Å²) in [6.45, 7) is 3.79. The van der Waals surface area contributed by atoms with E-state index in [0.29, 0.717) is 0 Å². The number of allylic oxidation sites excluding steroid dienone is 4. The maximum Gasteiger partial charge on any atom is 0.157 e. The van der Waals surface area contributed by atoms with E-state index in [4.69, 9.17) is 9.47 Å². The summed E-state index contributed by atoms with van der Waals surface area (Å²) in [5, 5.41) is 0. The van der Waals surface area contributed by atoms with E-state index in [9.17, 15) is 0 Å². The second kappa shape index (κ2) is 12.4. The van der Waals surface area contributed by atoms with Crippen molar-refractivity contribution in [1.82, 2.24) is 0 Å². The van der Waals surface area contributed by atoms with Crippen molar-refractivity contribution in [2.75, 3.05) is 13.2 Å². The summed E-state index contributed by atoms with van der Waals surface area (Å²) in [7, 11) is 0. The number of unbranched alkanes of at least 4 members (excludes halogenated alkanes) is 5. The van der Waals surface area contributed by atoms with Gasteiger partial charge in [-0.25, -0.2) is 0 Å². The van der Waals surface area contributed by atoms with Gasteiger partial charge < -0.3 is 9.47 Å². The lowest BCUT2D eigenvalue weighted by Gasteiger charge is -2.22. The molecule has 0 aliphatic carbocycles. The summed E-state index contributed by atoms with van der Waals surface area (Å²) in [5.41, 5.74) is 0. The molecule has 19 heavy (non-hydrogen) atoms. The van der Waals surface area contributed by atoms with Crippen molar-refractivity contribution in [3.05, 3.63) is 24.3 Å². The minimum Gasteiger partial charge on any atom is -0.353 e. The van der Waals surface area contributed by atoms with E-state index >= 15 is 0 Å². The maximum absolute atomic E-state index is 5.71. The van der Waals surface area contributed by atoms with Gasteiger partial charge in [-0.2, -0.15) is 0 Å². The Kier molecular flexibility index (Phi) is 10.8. The molecule has 0 unspecified atom stereocenters. The van der Waals surface area contributed by atoms with Crippen LogP contribution in [0.1, 0.15) is 64.7 Å². The molecule has 0 saturated carbocycles. The quantitative estimate of drug-likeness (QED) is 0.409. The molecule has 110 valence electrons. The fraction of sp³-hybridized carbons (Fsp3) is 0.765. The number of rotatable bonds is 10. The largest absolute Gasteiger partial charge is 0.353 e. The van der Waals surface area contributed by atoms with Gasteiger partial charge in [-0.15, -0.1) is 0 Å². The molecule has 0 radical (unpaired) electrons. The molecule has 1 fully saturated rings. The molecule has 1 aliphatic heterocycles. The molecule has 0 N–H and O–H groups in total. The summed E-state index contributed by atoms with van der Waals surface area (Å²) in [6, 6.07) is 0. The van der Waals surface area contributed by atoms with Crippen LogP contribution >= 0.6 is 0 Å². The van der Waals surface area contributed by atoms with Crippen molar-refractivity contribution in [2.45, 2.75) is 71.0 Å². The lowest BCUT2D eigenvalue weighted by molar-refractivity contribution is -0.162. The molecule has 0 aromatic heterocycles. The minimum atomic E-state index is 0.0884. The van der Waals surface area contributed by atoms with Gasteiger partial charge in [-0.1, -0.05) is 43.6 Å². The third kappa shape index (κ3) is 9.92. The van der Waals surface area contributed by atoms with E-state index in [1.807, 2.05) is 6.92 Å². The Labute approximate surface area is 118 Å². The van der Waals surface area contributed by atoms with Crippen molar-refractivity contribution < 1.29 is 9.47 Å². The third-order valence-corrected chi connectivity index (χ3v) is 3.40. The molecule has 0 bridgehead atoms. The molecule has 0 spiro atoms. The standard InChI is InChI=1S/C17H30O2/c1-2-3-4-5-6-7-8-9-10-12-15-18-17-14-11-13-16-19-17/h2-5,17H,6-16H2,1H3/t17-/m1/s1. The molecule has 2 heteroatoms. The molecule has 1 rings (SSSR count). The molecule has 0 aromatic carbocycles. The van der Waals surface area contributed by atoms with Gasteiger partial charge in [-0.05, 0) is 45.4 Å². The van der Waals surface area contributed by atoms with Crippen LogP contribution in [0.2, 0.25) is 0 Å². The van der Waals surface area contributed by atoms with Gasteiger partial charge in [0.25, 0.3) is 0 Å². The Hall–Kier alpha value is -0.600. The number of ether oxygens (including phenoxy) is 2. The molecule has 2 nitrogen and oxygen atoms in total. The highest BCUT2D eigenvalue weighted by Crippen LogP contribution is 2.14. The SMILES string of the molecule is CC=CC=CCCCCCCCO[C@H]1CCCCO1. The summed E-state index contributed by atoms with van der Waals surface area (Å²) >= 11 is 0. The van der Waals surface area contributed by atoms with E-state index in [1.165, 1.54) is 51.4 Å². The third-order valence-electron chi connectivity index (χ3n) is 3.40. The van der Waals surface area contributed by atoms with E-state index in [0.717, 1.165) is 19.6 Å². The van der Waals surface area contributed by atoms with Crippen molar-refractivity contribution >= 4 is 0 Å². The predicted octanol–water partition coefficient (Wildman–Crippen LogP) is 5.00. The summed E-state index contributed by atoms with van der Waals surface area (Å²) in [4.78, 5) is 0. The first-order valence-electron chi connectivity index (χ1n) is 7.94. The van der Waals surface area contributed by atoms with Crippen LogP contribution < -0.4 is 0 Å². The first kappa shape index (κ1) is 16.5. The molecular weight excluding hydrogens is 236 g/mol. The molecule has 0 aromatic rings. The zero-order valence-corrected chi connectivity index (χ0v) is 12.5. The van der Waals surface area contributed by atoms with Crippen LogP contribution in [-0.2, 0) is 9.47 Å². The average Bonchev–Trinajstić information content (AvgIpc) is 2.46. The van der Waals surface area contributed by atoms with Gasteiger partial charge in [0.15, 0.2) is 6.29 Å². The first-order chi connectivity index (χ1) is 9.43. The van der Waals surface area contributed by atoms with Gasteiger partial charge in [0.1, 0.15) is 0 Å². The maximum atomic E-state index is 5.71. The fourth-order valence-corrected chi connectivity index (χ4v) is 2.24. The average molecular weight is 266 g/mol. The van der Waals surface area contributed by atoms with E-state index in [2.05, 4.69) is 24.3 Å². The van der Waals surface area contributed by atoms with Gasteiger partial charge in [0.2, 0.25) is 0 Å². The Bertz CT molecular complexity index is 240. The highest BCUT2D eigenvalue weighted by molar-refractivity contribution is 5.00. The lowest BCUT2D eigenvalue weighted by atomic mass is 10.1. The van der Waals surface area contributed by atoms with Crippen LogP contribution in [0.15, 0.2) is 24.3 Å². The van der Waals surface area contributed by atoms with Gasteiger partial charge in [-0.3, -0.25) is 0 Å². The van der Waals surface area contributed by atoms with E-state index in [-0.39, 0.29) is 6.29 Å². The summed E-state index contributed by atoms with van der Waals surface area (Å²) in [6.07, 6.45) is 19.8.